The zero-order chi connectivity index (χ0) is 14.8. The van der Waals surface area contributed by atoms with E-state index in [0.29, 0.717) is 0 Å². The van der Waals surface area contributed by atoms with Crippen molar-refractivity contribution < 1.29 is 0 Å². The van der Waals surface area contributed by atoms with Crippen molar-refractivity contribution in [3.8, 4) is 0 Å². The van der Waals surface area contributed by atoms with Crippen molar-refractivity contribution in [1.29, 1.82) is 0 Å². The molecule has 0 aromatic carbocycles. The zero-order valence-electron chi connectivity index (χ0n) is 12.0. The molecule has 2 aromatic rings. The highest BCUT2D eigenvalue weighted by Crippen LogP contribution is 2.41. The third-order valence-electron chi connectivity index (χ3n) is 3.85. The lowest BCUT2D eigenvalue weighted by Crippen LogP contribution is -2.21. The van der Waals surface area contributed by atoms with E-state index in [0.717, 1.165) is 21.8 Å². The minimum absolute atomic E-state index is 0.286. The molecule has 5 heteroatoms. The van der Waals surface area contributed by atoms with Crippen LogP contribution in [-0.2, 0) is 12.8 Å². The van der Waals surface area contributed by atoms with Crippen LogP contribution in [0.25, 0.3) is 0 Å². The fourth-order valence-electron chi connectivity index (χ4n) is 2.79. The van der Waals surface area contributed by atoms with E-state index in [9.17, 15) is 0 Å². The molecule has 0 saturated carbocycles. The number of nitrogens with one attached hydrogen (secondary N) is 1. The lowest BCUT2D eigenvalue weighted by molar-refractivity contribution is 0.612. The van der Waals surface area contributed by atoms with E-state index in [4.69, 9.17) is 11.6 Å². The van der Waals surface area contributed by atoms with Crippen LogP contribution in [0.15, 0.2) is 15.9 Å². The predicted molar refractivity (Wildman–Crippen MR) is 98.1 cm³/mol. The minimum Gasteiger partial charge on any atom is -0.305 e. The largest absolute Gasteiger partial charge is 0.305 e. The normalized spacial score (nSPS) is 16.0. The molecule has 1 aliphatic rings. The predicted octanol–water partition coefficient (Wildman–Crippen LogP) is 6.19. The van der Waals surface area contributed by atoms with Gasteiger partial charge >= 0.3 is 0 Å². The summed E-state index contributed by atoms with van der Waals surface area (Å²) in [5.41, 5.74) is 1.58. The summed E-state index contributed by atoms with van der Waals surface area (Å²) in [5.74, 6) is 0. The summed E-state index contributed by atoms with van der Waals surface area (Å²) < 4.78 is 1.03. The summed E-state index contributed by atoms with van der Waals surface area (Å²) in [6.45, 7) is 3.24. The number of halogens is 2. The van der Waals surface area contributed by atoms with Crippen LogP contribution < -0.4 is 5.32 Å². The maximum atomic E-state index is 6.24. The van der Waals surface area contributed by atoms with Crippen LogP contribution in [-0.4, -0.2) is 6.54 Å². The summed E-state index contributed by atoms with van der Waals surface area (Å²) in [6, 6.07) is 4.81. The number of hydrogen-bond acceptors (Lipinski definition) is 3. The van der Waals surface area contributed by atoms with Gasteiger partial charge in [-0.25, -0.2) is 0 Å². The Morgan fingerprint density at radius 1 is 1.24 bits per heavy atom. The first-order valence-corrected chi connectivity index (χ1v) is 10.3. The van der Waals surface area contributed by atoms with Crippen LogP contribution in [0.3, 0.4) is 0 Å². The molecule has 3 rings (SSSR count). The van der Waals surface area contributed by atoms with Gasteiger partial charge in [0, 0.05) is 14.6 Å². The molecule has 1 aliphatic carbocycles. The van der Waals surface area contributed by atoms with E-state index in [1.165, 1.54) is 35.4 Å². The maximum Gasteiger partial charge on any atom is 0.0888 e. The number of fused-ring (bicyclic) bond motifs is 1. The number of hydrogen-bond donors (Lipinski definition) is 1. The molecule has 0 spiro atoms. The van der Waals surface area contributed by atoms with Gasteiger partial charge in [-0.05, 0) is 72.3 Å². The van der Waals surface area contributed by atoms with Crippen LogP contribution in [0.4, 0.5) is 0 Å². The Bertz CT molecular complexity index is 577. The highest BCUT2D eigenvalue weighted by molar-refractivity contribution is 9.11. The molecule has 2 heterocycles. The Labute approximate surface area is 147 Å². The van der Waals surface area contributed by atoms with Crippen LogP contribution in [0.5, 0.6) is 0 Å². The third kappa shape index (κ3) is 3.56. The standard InChI is InChI=1S/C16H19BrClNS2/c1-2-7-19-15(14-9-11(18)16(17)21-14)13-8-10-5-3-4-6-12(10)20-13/h8-9,15,19H,2-7H2,1H3. The van der Waals surface area contributed by atoms with Gasteiger partial charge < -0.3 is 5.32 Å². The zero-order valence-corrected chi connectivity index (χ0v) is 16.0. The molecule has 1 N–H and O–H groups in total. The monoisotopic (exact) mass is 403 g/mol. The Morgan fingerprint density at radius 2 is 2.00 bits per heavy atom. The summed E-state index contributed by atoms with van der Waals surface area (Å²) in [7, 11) is 0. The van der Waals surface area contributed by atoms with Gasteiger partial charge in [0.05, 0.1) is 14.9 Å². The SMILES string of the molecule is CCCNC(c1cc(Cl)c(Br)s1)c1cc2c(s1)CCCC2. The molecule has 21 heavy (non-hydrogen) atoms. The number of thiophene rings is 2. The number of aryl methyl sites for hydroxylation is 2. The molecule has 2 aromatic heterocycles. The van der Waals surface area contributed by atoms with E-state index in [2.05, 4.69) is 40.3 Å². The average Bonchev–Trinajstić information content (AvgIpc) is 3.04. The first-order chi connectivity index (χ1) is 10.2. The molecular formula is C16H19BrClNS2. The second-order valence-corrected chi connectivity index (χ2v) is 9.44. The minimum atomic E-state index is 0.286. The van der Waals surface area contributed by atoms with Crippen molar-refractivity contribution in [2.24, 2.45) is 0 Å². The van der Waals surface area contributed by atoms with Gasteiger partial charge in [0.15, 0.2) is 0 Å². The lowest BCUT2D eigenvalue weighted by Gasteiger charge is -2.15. The Kier molecular flexibility index (Phi) is 5.44. The molecule has 0 aliphatic heterocycles. The molecule has 0 saturated heterocycles. The second kappa shape index (κ2) is 7.14. The fraction of sp³-hybridized carbons (Fsp3) is 0.500. The third-order valence-corrected chi connectivity index (χ3v) is 7.69. The first kappa shape index (κ1) is 16.0. The summed E-state index contributed by atoms with van der Waals surface area (Å²) in [6.07, 6.45) is 6.33. The summed E-state index contributed by atoms with van der Waals surface area (Å²) >= 11 is 13.5. The molecular weight excluding hydrogens is 386 g/mol. The lowest BCUT2D eigenvalue weighted by atomic mass is 9.98. The van der Waals surface area contributed by atoms with Crippen LogP contribution in [0.1, 0.15) is 52.4 Å². The van der Waals surface area contributed by atoms with Crippen molar-refractivity contribution in [3.05, 3.63) is 41.1 Å². The van der Waals surface area contributed by atoms with Gasteiger partial charge in [-0.15, -0.1) is 22.7 Å². The summed E-state index contributed by atoms with van der Waals surface area (Å²) in [5, 5.41) is 4.51. The molecule has 0 fully saturated rings. The Hall–Kier alpha value is 0.130. The molecule has 0 bridgehead atoms. The van der Waals surface area contributed by atoms with Crippen LogP contribution in [0, 0.1) is 0 Å². The molecule has 0 amide bonds. The first-order valence-electron chi connectivity index (χ1n) is 7.48. The average molecular weight is 405 g/mol. The van der Waals surface area contributed by atoms with Gasteiger partial charge in [0.2, 0.25) is 0 Å². The second-order valence-electron chi connectivity index (χ2n) is 5.46. The van der Waals surface area contributed by atoms with E-state index in [-0.39, 0.29) is 6.04 Å². The highest BCUT2D eigenvalue weighted by atomic mass is 79.9. The van der Waals surface area contributed by atoms with E-state index < -0.39 is 0 Å². The van der Waals surface area contributed by atoms with Crippen molar-refractivity contribution >= 4 is 50.2 Å². The van der Waals surface area contributed by atoms with Crippen LogP contribution in [0.2, 0.25) is 5.02 Å². The molecule has 0 radical (unpaired) electrons. The van der Waals surface area contributed by atoms with Crippen LogP contribution >= 0.6 is 50.2 Å². The van der Waals surface area contributed by atoms with Gasteiger partial charge in [-0.1, -0.05) is 18.5 Å². The van der Waals surface area contributed by atoms with Crippen molar-refractivity contribution in [2.75, 3.05) is 6.54 Å². The molecule has 1 atom stereocenters. The van der Waals surface area contributed by atoms with Gasteiger partial charge in [0.25, 0.3) is 0 Å². The quantitative estimate of drug-likeness (QED) is 0.626. The maximum absolute atomic E-state index is 6.24. The van der Waals surface area contributed by atoms with Crippen molar-refractivity contribution in [2.45, 2.75) is 45.1 Å². The van der Waals surface area contributed by atoms with Crippen molar-refractivity contribution in [3.63, 3.8) is 0 Å². The van der Waals surface area contributed by atoms with Crippen molar-refractivity contribution in [1.82, 2.24) is 5.32 Å². The molecule has 1 unspecified atom stereocenters. The van der Waals surface area contributed by atoms with E-state index >= 15 is 0 Å². The summed E-state index contributed by atoms with van der Waals surface area (Å²) in [4.78, 5) is 4.35. The topological polar surface area (TPSA) is 12.0 Å². The fourth-order valence-corrected chi connectivity index (χ4v) is 6.06. The van der Waals surface area contributed by atoms with Gasteiger partial charge in [0.1, 0.15) is 0 Å². The highest BCUT2D eigenvalue weighted by Gasteiger charge is 2.22. The van der Waals surface area contributed by atoms with Gasteiger partial charge in [-0.2, -0.15) is 0 Å². The van der Waals surface area contributed by atoms with Gasteiger partial charge in [-0.3, -0.25) is 0 Å². The molecule has 114 valence electrons. The molecule has 1 nitrogen and oxygen atoms in total. The Morgan fingerprint density at radius 3 is 2.67 bits per heavy atom. The smallest absolute Gasteiger partial charge is 0.0888 e. The Balaban J connectivity index is 1.92. The number of rotatable bonds is 5. The van der Waals surface area contributed by atoms with E-state index in [1.54, 1.807) is 21.8 Å². The van der Waals surface area contributed by atoms with E-state index in [1.807, 2.05) is 11.3 Å².